The van der Waals surface area contributed by atoms with Crippen LogP contribution in [0, 0.1) is 6.92 Å². The van der Waals surface area contributed by atoms with Gasteiger partial charge in [-0.25, -0.2) is 4.79 Å². The highest BCUT2D eigenvalue weighted by molar-refractivity contribution is 5.90. The third kappa shape index (κ3) is 4.87. The third-order valence-electron chi connectivity index (χ3n) is 2.54. The quantitative estimate of drug-likeness (QED) is 0.760. The highest BCUT2D eigenvalue weighted by Gasteiger charge is 2.11. The molecule has 104 valence electrons. The number of hydrogen-bond donors (Lipinski definition) is 3. The van der Waals surface area contributed by atoms with E-state index in [4.69, 9.17) is 9.84 Å². The molecule has 1 unspecified atom stereocenters. The molecule has 0 bridgehead atoms. The van der Waals surface area contributed by atoms with E-state index in [9.17, 15) is 9.59 Å². The Labute approximate surface area is 111 Å². The molecule has 0 saturated heterocycles. The fourth-order valence-electron chi connectivity index (χ4n) is 1.60. The molecule has 0 aromatic heterocycles. The number of carboxylic acid groups (broad SMARTS) is 1. The lowest BCUT2D eigenvalue weighted by Gasteiger charge is -2.14. The van der Waals surface area contributed by atoms with Crippen LogP contribution in [0.5, 0.6) is 5.75 Å². The summed E-state index contributed by atoms with van der Waals surface area (Å²) >= 11 is 0. The topological polar surface area (TPSA) is 87.7 Å². The summed E-state index contributed by atoms with van der Waals surface area (Å²) in [4.78, 5) is 22.2. The van der Waals surface area contributed by atoms with E-state index in [0.717, 1.165) is 5.56 Å². The average Bonchev–Trinajstić information content (AvgIpc) is 2.30. The maximum Gasteiger partial charge on any atom is 0.319 e. The molecule has 1 aromatic carbocycles. The number of rotatable bonds is 5. The predicted molar refractivity (Wildman–Crippen MR) is 71.6 cm³/mol. The van der Waals surface area contributed by atoms with Crippen LogP contribution in [-0.2, 0) is 4.79 Å². The number of benzene rings is 1. The summed E-state index contributed by atoms with van der Waals surface area (Å²) < 4.78 is 5.07. The highest BCUT2D eigenvalue weighted by Crippen LogP contribution is 2.20. The van der Waals surface area contributed by atoms with Crippen LogP contribution in [0.1, 0.15) is 18.9 Å². The van der Waals surface area contributed by atoms with Gasteiger partial charge in [-0.15, -0.1) is 0 Å². The Bertz CT molecular complexity index is 474. The second-order valence-electron chi connectivity index (χ2n) is 4.28. The summed E-state index contributed by atoms with van der Waals surface area (Å²) in [6, 6.07) is 4.41. The molecular weight excluding hydrogens is 248 g/mol. The van der Waals surface area contributed by atoms with Gasteiger partial charge in [-0.05, 0) is 37.6 Å². The van der Waals surface area contributed by atoms with E-state index >= 15 is 0 Å². The summed E-state index contributed by atoms with van der Waals surface area (Å²) in [6.07, 6.45) is -0.116. The molecule has 0 fully saturated rings. The molecule has 6 heteroatoms. The zero-order valence-corrected chi connectivity index (χ0v) is 11.2. The number of urea groups is 1. The summed E-state index contributed by atoms with van der Waals surface area (Å²) in [7, 11) is 1.57. The number of aryl methyl sites for hydroxylation is 1. The van der Waals surface area contributed by atoms with Crippen molar-refractivity contribution in [3.63, 3.8) is 0 Å². The molecule has 0 heterocycles. The number of carboxylic acids is 1. The van der Waals surface area contributed by atoms with E-state index in [2.05, 4.69) is 10.6 Å². The summed E-state index contributed by atoms with van der Waals surface area (Å²) in [6.45, 7) is 3.48. The van der Waals surface area contributed by atoms with Crippen LogP contribution in [0.2, 0.25) is 0 Å². The standard InChI is InChI=1S/C13H18N2O4/c1-8-6-10(19-3)4-5-11(8)15-13(18)14-9(2)7-12(16)17/h4-6,9H,7H2,1-3H3,(H,16,17)(H2,14,15,18). The number of methoxy groups -OCH3 is 1. The molecule has 0 spiro atoms. The van der Waals surface area contributed by atoms with Crippen molar-refractivity contribution in [1.82, 2.24) is 5.32 Å². The largest absolute Gasteiger partial charge is 0.497 e. The minimum atomic E-state index is -0.951. The SMILES string of the molecule is COc1ccc(NC(=O)NC(C)CC(=O)O)c(C)c1. The summed E-state index contributed by atoms with van der Waals surface area (Å²) in [5.41, 5.74) is 1.52. The Morgan fingerprint density at radius 3 is 2.63 bits per heavy atom. The van der Waals surface area contributed by atoms with Crippen LogP contribution in [0.4, 0.5) is 10.5 Å². The first-order chi connectivity index (χ1) is 8.92. The molecule has 0 saturated carbocycles. The summed E-state index contributed by atoms with van der Waals surface area (Å²) in [5.74, 6) is -0.240. The molecule has 0 aliphatic heterocycles. The van der Waals surface area contributed by atoms with Crippen LogP contribution in [0.3, 0.4) is 0 Å². The van der Waals surface area contributed by atoms with Gasteiger partial charge < -0.3 is 20.5 Å². The number of aliphatic carboxylic acids is 1. The van der Waals surface area contributed by atoms with Crippen LogP contribution in [0.15, 0.2) is 18.2 Å². The zero-order chi connectivity index (χ0) is 14.4. The van der Waals surface area contributed by atoms with Crippen molar-refractivity contribution in [2.45, 2.75) is 26.3 Å². The Balaban J connectivity index is 2.59. The van der Waals surface area contributed by atoms with Crippen molar-refractivity contribution < 1.29 is 19.4 Å². The molecule has 1 rings (SSSR count). The molecule has 0 aliphatic rings. The van der Waals surface area contributed by atoms with Gasteiger partial charge in [0.2, 0.25) is 0 Å². The van der Waals surface area contributed by atoms with Gasteiger partial charge in [-0.1, -0.05) is 0 Å². The molecule has 3 N–H and O–H groups in total. The Kier molecular flexibility index (Phi) is 5.17. The lowest BCUT2D eigenvalue weighted by Crippen LogP contribution is -2.37. The van der Waals surface area contributed by atoms with Gasteiger partial charge in [0.25, 0.3) is 0 Å². The van der Waals surface area contributed by atoms with Gasteiger partial charge in [0.05, 0.1) is 13.5 Å². The smallest absolute Gasteiger partial charge is 0.319 e. The van der Waals surface area contributed by atoms with Crippen molar-refractivity contribution in [3.8, 4) is 5.75 Å². The van der Waals surface area contributed by atoms with E-state index in [0.29, 0.717) is 11.4 Å². The first-order valence-corrected chi connectivity index (χ1v) is 5.86. The van der Waals surface area contributed by atoms with E-state index in [1.165, 1.54) is 0 Å². The number of carbonyl (C=O) groups is 2. The maximum atomic E-state index is 11.7. The van der Waals surface area contributed by atoms with Gasteiger partial charge in [0, 0.05) is 11.7 Å². The molecule has 0 aliphatic carbocycles. The predicted octanol–water partition coefficient (Wildman–Crippen LogP) is 1.99. The van der Waals surface area contributed by atoms with Crippen molar-refractivity contribution in [1.29, 1.82) is 0 Å². The van der Waals surface area contributed by atoms with Gasteiger partial charge in [-0.3, -0.25) is 4.79 Å². The lowest BCUT2D eigenvalue weighted by atomic mass is 10.2. The first-order valence-electron chi connectivity index (χ1n) is 5.86. The Hall–Kier alpha value is -2.24. The molecule has 1 atom stereocenters. The molecule has 2 amide bonds. The highest BCUT2D eigenvalue weighted by atomic mass is 16.5. The van der Waals surface area contributed by atoms with Crippen molar-refractivity contribution in [2.75, 3.05) is 12.4 Å². The average molecular weight is 266 g/mol. The van der Waals surface area contributed by atoms with Crippen LogP contribution in [-0.4, -0.2) is 30.3 Å². The van der Waals surface area contributed by atoms with Crippen molar-refractivity contribution in [3.05, 3.63) is 23.8 Å². The van der Waals surface area contributed by atoms with Crippen molar-refractivity contribution >= 4 is 17.7 Å². The van der Waals surface area contributed by atoms with Gasteiger partial charge in [-0.2, -0.15) is 0 Å². The summed E-state index contributed by atoms with van der Waals surface area (Å²) in [5, 5.41) is 13.8. The van der Waals surface area contributed by atoms with Gasteiger partial charge in [0.1, 0.15) is 5.75 Å². The van der Waals surface area contributed by atoms with Crippen LogP contribution in [0.25, 0.3) is 0 Å². The number of ether oxygens (including phenoxy) is 1. The van der Waals surface area contributed by atoms with E-state index in [-0.39, 0.29) is 6.42 Å². The number of carbonyl (C=O) groups excluding carboxylic acids is 1. The number of anilines is 1. The number of hydrogen-bond acceptors (Lipinski definition) is 3. The van der Waals surface area contributed by atoms with Crippen LogP contribution >= 0.6 is 0 Å². The normalized spacial score (nSPS) is 11.5. The number of amides is 2. The van der Waals surface area contributed by atoms with Crippen LogP contribution < -0.4 is 15.4 Å². The fraction of sp³-hybridized carbons (Fsp3) is 0.385. The fourth-order valence-corrected chi connectivity index (χ4v) is 1.60. The molecule has 19 heavy (non-hydrogen) atoms. The maximum absolute atomic E-state index is 11.7. The first kappa shape index (κ1) is 14.8. The van der Waals surface area contributed by atoms with E-state index in [1.54, 1.807) is 32.2 Å². The van der Waals surface area contributed by atoms with Gasteiger partial charge in [0.15, 0.2) is 0 Å². The third-order valence-corrected chi connectivity index (χ3v) is 2.54. The van der Waals surface area contributed by atoms with Crippen molar-refractivity contribution in [2.24, 2.45) is 0 Å². The number of nitrogens with one attached hydrogen (secondary N) is 2. The molecule has 0 radical (unpaired) electrons. The second-order valence-corrected chi connectivity index (χ2v) is 4.28. The zero-order valence-electron chi connectivity index (χ0n) is 11.2. The Morgan fingerprint density at radius 2 is 2.11 bits per heavy atom. The Morgan fingerprint density at radius 1 is 1.42 bits per heavy atom. The van der Waals surface area contributed by atoms with E-state index < -0.39 is 18.0 Å². The lowest BCUT2D eigenvalue weighted by molar-refractivity contribution is -0.137. The monoisotopic (exact) mass is 266 g/mol. The minimum Gasteiger partial charge on any atom is -0.497 e. The minimum absolute atomic E-state index is 0.116. The molecule has 1 aromatic rings. The van der Waals surface area contributed by atoms with Gasteiger partial charge >= 0.3 is 12.0 Å². The second kappa shape index (κ2) is 6.63. The molecule has 6 nitrogen and oxygen atoms in total. The van der Waals surface area contributed by atoms with E-state index in [1.807, 2.05) is 6.92 Å². The molecular formula is C13H18N2O4.